The van der Waals surface area contributed by atoms with Crippen molar-refractivity contribution >= 4 is 17.5 Å². The highest BCUT2D eigenvalue weighted by molar-refractivity contribution is 5.57. The second-order valence-electron chi connectivity index (χ2n) is 6.39. The van der Waals surface area contributed by atoms with Gasteiger partial charge in [-0.2, -0.15) is 10.1 Å². The summed E-state index contributed by atoms with van der Waals surface area (Å²) in [5, 5.41) is 11.1. The van der Waals surface area contributed by atoms with E-state index in [1.165, 1.54) is 17.8 Å². The van der Waals surface area contributed by atoms with Gasteiger partial charge in [0, 0.05) is 13.1 Å². The molecule has 0 bridgehead atoms. The molecule has 4 rings (SSSR count). The highest BCUT2D eigenvalue weighted by Gasteiger charge is 2.22. The van der Waals surface area contributed by atoms with Gasteiger partial charge in [-0.05, 0) is 41.8 Å². The first-order valence-corrected chi connectivity index (χ1v) is 8.88. The van der Waals surface area contributed by atoms with Gasteiger partial charge in [0.05, 0.1) is 26.1 Å². The van der Waals surface area contributed by atoms with E-state index in [1.807, 2.05) is 17.0 Å². The van der Waals surface area contributed by atoms with Crippen LogP contribution in [0.1, 0.15) is 11.1 Å². The molecule has 0 aliphatic carbocycles. The zero-order valence-corrected chi connectivity index (χ0v) is 15.6. The minimum atomic E-state index is -0.351. The average molecular weight is 381 g/mol. The topological polar surface area (TPSA) is 72.4 Å². The van der Waals surface area contributed by atoms with E-state index in [9.17, 15) is 4.39 Å². The largest absolute Gasteiger partial charge is 0.493 e. The van der Waals surface area contributed by atoms with Gasteiger partial charge in [0.2, 0.25) is 5.95 Å². The number of fused-ring (bicyclic) bond motifs is 1. The highest BCUT2D eigenvalue weighted by atomic mass is 19.1. The molecule has 0 radical (unpaired) electrons. The molecule has 1 N–H and O–H groups in total. The Morgan fingerprint density at radius 3 is 2.57 bits per heavy atom. The van der Waals surface area contributed by atoms with E-state index >= 15 is 0 Å². The summed E-state index contributed by atoms with van der Waals surface area (Å²) in [5.41, 5.74) is 2.68. The van der Waals surface area contributed by atoms with Crippen LogP contribution in [0.4, 0.5) is 21.8 Å². The van der Waals surface area contributed by atoms with E-state index in [1.54, 1.807) is 32.4 Å². The van der Waals surface area contributed by atoms with Gasteiger partial charge in [-0.25, -0.2) is 4.39 Å². The summed E-state index contributed by atoms with van der Waals surface area (Å²) in [7, 11) is 3.25. The molecule has 2 aromatic carbocycles. The smallest absolute Gasteiger partial charge is 0.247 e. The van der Waals surface area contributed by atoms with Crippen LogP contribution in [0.2, 0.25) is 0 Å². The Balaban J connectivity index is 1.57. The van der Waals surface area contributed by atoms with Crippen LogP contribution in [0.15, 0.2) is 42.6 Å². The molecule has 0 amide bonds. The van der Waals surface area contributed by atoms with E-state index in [-0.39, 0.29) is 5.82 Å². The number of methoxy groups -OCH3 is 2. The number of anilines is 3. The van der Waals surface area contributed by atoms with Gasteiger partial charge in [-0.15, -0.1) is 5.10 Å². The highest BCUT2D eigenvalue weighted by Crippen LogP contribution is 2.34. The van der Waals surface area contributed by atoms with Crippen molar-refractivity contribution in [2.75, 3.05) is 31.0 Å². The van der Waals surface area contributed by atoms with Crippen molar-refractivity contribution in [3.63, 3.8) is 0 Å². The maximum Gasteiger partial charge on any atom is 0.247 e. The summed E-state index contributed by atoms with van der Waals surface area (Å²) < 4.78 is 24.7. The van der Waals surface area contributed by atoms with Gasteiger partial charge >= 0.3 is 0 Å². The van der Waals surface area contributed by atoms with Crippen molar-refractivity contribution in [1.82, 2.24) is 15.2 Å². The lowest BCUT2D eigenvalue weighted by Gasteiger charge is -2.29. The molecule has 3 aromatic rings. The zero-order chi connectivity index (χ0) is 19.5. The standard InChI is InChI=1S/C20H20FN5O2/c1-27-17-9-13-7-8-26(12-14(13)10-18(17)28-2)20-24-19(11-22-25-20)23-16-6-4-3-5-15(16)21/h3-6,9-11H,7-8,12H2,1-2H3,(H,23,24,25). The van der Waals surface area contributed by atoms with Crippen LogP contribution in [0.5, 0.6) is 11.5 Å². The number of nitrogens with zero attached hydrogens (tertiary/aromatic N) is 4. The predicted molar refractivity (Wildman–Crippen MR) is 104 cm³/mol. The van der Waals surface area contributed by atoms with Crippen molar-refractivity contribution in [2.45, 2.75) is 13.0 Å². The molecule has 7 nitrogen and oxygen atoms in total. The number of rotatable bonds is 5. The summed E-state index contributed by atoms with van der Waals surface area (Å²) in [5.74, 6) is 1.99. The molecule has 0 saturated heterocycles. The summed E-state index contributed by atoms with van der Waals surface area (Å²) in [6.45, 7) is 1.37. The fraction of sp³-hybridized carbons (Fsp3) is 0.250. The van der Waals surface area contributed by atoms with Crippen molar-refractivity contribution < 1.29 is 13.9 Å². The van der Waals surface area contributed by atoms with Gasteiger partial charge < -0.3 is 19.7 Å². The molecule has 0 atom stereocenters. The zero-order valence-electron chi connectivity index (χ0n) is 15.6. The van der Waals surface area contributed by atoms with Gasteiger partial charge in [-0.1, -0.05) is 12.1 Å². The molecular weight excluding hydrogens is 361 g/mol. The Labute approximate surface area is 162 Å². The molecule has 28 heavy (non-hydrogen) atoms. The second-order valence-corrected chi connectivity index (χ2v) is 6.39. The first-order chi connectivity index (χ1) is 13.7. The second kappa shape index (κ2) is 7.67. The number of hydrogen-bond donors (Lipinski definition) is 1. The monoisotopic (exact) mass is 381 g/mol. The Morgan fingerprint density at radius 2 is 1.82 bits per heavy atom. The molecule has 0 unspecified atom stereocenters. The maximum absolute atomic E-state index is 13.9. The molecule has 2 heterocycles. The minimum absolute atomic E-state index is 0.342. The molecule has 0 saturated carbocycles. The number of ether oxygens (including phenoxy) is 2. The van der Waals surface area contributed by atoms with E-state index in [4.69, 9.17) is 9.47 Å². The lowest BCUT2D eigenvalue weighted by Crippen LogP contribution is -2.32. The van der Waals surface area contributed by atoms with Gasteiger partial charge in [0.15, 0.2) is 17.3 Å². The number of para-hydroxylation sites is 1. The summed E-state index contributed by atoms with van der Waals surface area (Å²) in [6.07, 6.45) is 2.30. The summed E-state index contributed by atoms with van der Waals surface area (Å²) in [6, 6.07) is 10.4. The van der Waals surface area contributed by atoms with Crippen molar-refractivity contribution in [1.29, 1.82) is 0 Å². The maximum atomic E-state index is 13.9. The van der Waals surface area contributed by atoms with Crippen molar-refractivity contribution in [3.8, 4) is 11.5 Å². The Morgan fingerprint density at radius 1 is 1.07 bits per heavy atom. The van der Waals surface area contributed by atoms with Gasteiger partial charge in [0.25, 0.3) is 0 Å². The van der Waals surface area contributed by atoms with Gasteiger partial charge in [0.1, 0.15) is 5.82 Å². The first-order valence-electron chi connectivity index (χ1n) is 8.88. The molecule has 8 heteroatoms. The molecule has 0 fully saturated rings. The lowest BCUT2D eigenvalue weighted by atomic mass is 9.99. The average Bonchev–Trinajstić information content (AvgIpc) is 2.74. The van der Waals surface area contributed by atoms with E-state index < -0.39 is 0 Å². The fourth-order valence-corrected chi connectivity index (χ4v) is 3.24. The van der Waals surface area contributed by atoms with Crippen molar-refractivity contribution in [2.24, 2.45) is 0 Å². The molecule has 0 spiro atoms. The SMILES string of the molecule is COc1cc2c(cc1OC)CN(c1nncc(Nc3ccccc3F)n1)CC2. The predicted octanol–water partition coefficient (Wildman–Crippen LogP) is 3.33. The normalized spacial score (nSPS) is 13.0. The Bertz CT molecular complexity index is 998. The third-order valence-corrected chi connectivity index (χ3v) is 4.69. The Hall–Kier alpha value is -3.42. The van der Waals surface area contributed by atoms with Crippen molar-refractivity contribution in [3.05, 3.63) is 59.5 Å². The minimum Gasteiger partial charge on any atom is -0.493 e. The molecule has 1 aliphatic rings. The van der Waals surface area contributed by atoms with E-state index in [0.29, 0.717) is 29.7 Å². The number of nitrogens with one attached hydrogen (secondary N) is 1. The lowest BCUT2D eigenvalue weighted by molar-refractivity contribution is 0.353. The first kappa shape index (κ1) is 18.0. The van der Waals surface area contributed by atoms with Crippen LogP contribution in [-0.2, 0) is 13.0 Å². The molecule has 1 aliphatic heterocycles. The Kier molecular flexibility index (Phi) is 4.92. The molecular formula is C20H20FN5O2. The quantitative estimate of drug-likeness (QED) is 0.727. The van der Waals surface area contributed by atoms with Crippen LogP contribution < -0.4 is 19.7 Å². The number of halogens is 1. The van der Waals surface area contributed by atoms with Crippen LogP contribution in [0, 0.1) is 5.82 Å². The third kappa shape index (κ3) is 3.53. The molecule has 1 aromatic heterocycles. The molecule has 144 valence electrons. The fourth-order valence-electron chi connectivity index (χ4n) is 3.24. The number of benzene rings is 2. The van der Waals surface area contributed by atoms with E-state index in [0.717, 1.165) is 24.3 Å². The van der Waals surface area contributed by atoms with Crippen LogP contribution in [-0.4, -0.2) is 35.9 Å². The third-order valence-electron chi connectivity index (χ3n) is 4.69. The summed E-state index contributed by atoms with van der Waals surface area (Å²) >= 11 is 0. The van der Waals surface area contributed by atoms with Gasteiger partial charge in [-0.3, -0.25) is 0 Å². The number of hydrogen-bond acceptors (Lipinski definition) is 7. The number of aromatic nitrogens is 3. The van der Waals surface area contributed by atoms with Crippen LogP contribution >= 0.6 is 0 Å². The van der Waals surface area contributed by atoms with Crippen LogP contribution in [0.25, 0.3) is 0 Å². The summed E-state index contributed by atoms with van der Waals surface area (Å²) in [4.78, 5) is 6.54. The van der Waals surface area contributed by atoms with Crippen LogP contribution in [0.3, 0.4) is 0 Å². The van der Waals surface area contributed by atoms with E-state index in [2.05, 4.69) is 20.5 Å².